The second kappa shape index (κ2) is 13.2. The summed E-state index contributed by atoms with van der Waals surface area (Å²) in [6.07, 6.45) is 6.35. The van der Waals surface area contributed by atoms with E-state index in [1.54, 1.807) is 32.5 Å². The van der Waals surface area contributed by atoms with Crippen molar-refractivity contribution in [2.75, 3.05) is 46.7 Å². The van der Waals surface area contributed by atoms with Crippen LogP contribution in [-0.4, -0.2) is 94.9 Å². The molecule has 1 amide bonds. The number of methoxy groups -OCH3 is 2. The van der Waals surface area contributed by atoms with Crippen molar-refractivity contribution in [2.45, 2.75) is 69.1 Å². The van der Waals surface area contributed by atoms with Gasteiger partial charge in [-0.25, -0.2) is 9.67 Å². The number of nitrogens with zero attached hydrogens (tertiary/aromatic N) is 7. The van der Waals surface area contributed by atoms with Gasteiger partial charge in [0.1, 0.15) is 12.2 Å². The molecule has 3 aliphatic rings. The Labute approximate surface area is 284 Å². The first-order chi connectivity index (χ1) is 23.8. The Balaban J connectivity index is 1.29. The number of anilines is 1. The molecular weight excluding hydrogens is 626 g/mol. The maximum absolute atomic E-state index is 12.7. The smallest absolute Gasteiger partial charge is 0.271 e. The van der Waals surface area contributed by atoms with E-state index in [0.717, 1.165) is 61.1 Å². The van der Waals surface area contributed by atoms with Gasteiger partial charge in [-0.15, -0.1) is 0 Å². The highest BCUT2D eigenvalue weighted by Gasteiger charge is 2.49. The van der Waals surface area contributed by atoms with Gasteiger partial charge in [0.05, 0.1) is 29.7 Å². The molecule has 14 nitrogen and oxygen atoms in total. The number of aromatic nitrogens is 5. The largest absolute Gasteiger partial charge is 0.473 e. The fourth-order valence-corrected chi connectivity index (χ4v) is 8.00. The zero-order valence-electron chi connectivity index (χ0n) is 28.2. The van der Waals surface area contributed by atoms with Gasteiger partial charge >= 0.3 is 0 Å². The number of benzene rings is 1. The van der Waals surface area contributed by atoms with Crippen LogP contribution in [0.2, 0.25) is 0 Å². The number of carbonyl (C=O) groups excluding carboxylic acids is 1. The molecule has 7 rings (SSSR count). The molecule has 4 aromatic rings. The lowest BCUT2D eigenvalue weighted by molar-refractivity contribution is 0.0174. The van der Waals surface area contributed by atoms with Crippen molar-refractivity contribution in [3.63, 3.8) is 0 Å². The van der Waals surface area contributed by atoms with E-state index in [9.17, 15) is 10.1 Å². The van der Waals surface area contributed by atoms with Gasteiger partial charge in [0.25, 0.3) is 5.91 Å². The van der Waals surface area contributed by atoms with Crippen LogP contribution in [-0.2, 0) is 27.7 Å². The molecule has 256 valence electrons. The fourth-order valence-electron chi connectivity index (χ4n) is 8.00. The second-order valence-corrected chi connectivity index (χ2v) is 13.1. The predicted molar refractivity (Wildman–Crippen MR) is 178 cm³/mol. The zero-order chi connectivity index (χ0) is 34.3. The quantitative estimate of drug-likeness (QED) is 0.187. The number of likely N-dealkylation sites (tertiary alicyclic amines) is 1. The van der Waals surface area contributed by atoms with Crippen LogP contribution < -0.4 is 15.8 Å². The van der Waals surface area contributed by atoms with Crippen molar-refractivity contribution in [2.24, 2.45) is 0 Å². The maximum Gasteiger partial charge on any atom is 0.271 e. The van der Waals surface area contributed by atoms with Crippen molar-refractivity contribution < 1.29 is 23.5 Å². The zero-order valence-corrected chi connectivity index (χ0v) is 28.2. The van der Waals surface area contributed by atoms with Gasteiger partial charge in [0.2, 0.25) is 5.88 Å². The second-order valence-electron chi connectivity index (χ2n) is 13.1. The van der Waals surface area contributed by atoms with Crippen molar-refractivity contribution in [1.82, 2.24) is 35.1 Å². The summed E-state index contributed by atoms with van der Waals surface area (Å²) in [6.45, 7) is 3.66. The van der Waals surface area contributed by atoms with E-state index in [4.69, 9.17) is 34.4 Å². The van der Waals surface area contributed by atoms with Crippen molar-refractivity contribution in [1.29, 1.82) is 5.26 Å². The lowest BCUT2D eigenvalue weighted by Crippen LogP contribution is -2.44. The SMILES string of the molecule is COCCNC(=O)c1ccn(-c2cc(O[C@@H](C)[C@@H]3[C@@H](OC)CCN3C)nc(-c3noc4c3CCC[C@@]43CCc4ccc(N)c(C#N)c43)n2)n1. The summed E-state index contributed by atoms with van der Waals surface area (Å²) in [5.74, 6) is 1.47. The molecule has 1 aliphatic heterocycles. The number of aryl methyl sites for hydroxylation is 1. The molecule has 49 heavy (non-hydrogen) atoms. The average molecular weight is 668 g/mol. The Bertz CT molecular complexity index is 1920. The van der Waals surface area contributed by atoms with Crippen LogP contribution in [0.4, 0.5) is 5.69 Å². The van der Waals surface area contributed by atoms with Gasteiger partial charge < -0.3 is 29.8 Å². The number of nitrogen functional groups attached to an aromatic ring is 1. The van der Waals surface area contributed by atoms with E-state index in [-0.39, 0.29) is 29.9 Å². The van der Waals surface area contributed by atoms with Gasteiger partial charge in [0, 0.05) is 50.8 Å². The minimum atomic E-state index is -0.505. The van der Waals surface area contributed by atoms with Gasteiger partial charge in [0.15, 0.2) is 28.8 Å². The highest BCUT2D eigenvalue weighted by Crippen LogP contribution is 2.54. The standard InChI is InChI=1S/C35H41N9O5/c1-20(31-26(47-4)11-15-43(31)2)48-28-18-27(44-16-10-25(41-44)34(45)38-14-17-46-3)39-33(40-28)30-22-6-5-12-35(32(22)49-42-30)13-9-21-7-8-24(37)23(19-36)29(21)35/h7-8,10,16,18,20,26,31H,5-6,9,11-15,17,37H2,1-4H3,(H,38,45)/t20-,26-,31+,35-/m0/s1. The minimum Gasteiger partial charge on any atom is -0.473 e. The molecule has 0 bridgehead atoms. The number of amides is 1. The molecule has 0 radical (unpaired) electrons. The first kappa shape index (κ1) is 32.7. The summed E-state index contributed by atoms with van der Waals surface area (Å²) in [5, 5.41) is 22.0. The molecule has 14 heteroatoms. The minimum absolute atomic E-state index is 0.0165. The normalized spacial score (nSPS) is 22.1. The molecule has 0 unspecified atom stereocenters. The average Bonchev–Trinajstić information content (AvgIpc) is 3.91. The van der Waals surface area contributed by atoms with Gasteiger partial charge in [-0.1, -0.05) is 11.2 Å². The molecule has 4 heterocycles. The van der Waals surface area contributed by atoms with E-state index in [1.807, 2.05) is 19.1 Å². The van der Waals surface area contributed by atoms with Gasteiger partial charge in [-0.3, -0.25) is 9.69 Å². The highest BCUT2D eigenvalue weighted by atomic mass is 16.5. The number of hydrogen-bond donors (Lipinski definition) is 2. The first-order valence-electron chi connectivity index (χ1n) is 16.7. The van der Waals surface area contributed by atoms with Crippen LogP contribution in [0.3, 0.4) is 0 Å². The molecule has 1 fully saturated rings. The summed E-state index contributed by atoms with van der Waals surface area (Å²) in [4.78, 5) is 24.7. The van der Waals surface area contributed by atoms with Crippen molar-refractivity contribution in [3.8, 4) is 29.3 Å². The topological polar surface area (TPSA) is 179 Å². The van der Waals surface area contributed by atoms with Crippen LogP contribution in [0.5, 0.6) is 5.88 Å². The molecular formula is C35H41N9O5. The summed E-state index contributed by atoms with van der Waals surface area (Å²) in [5.41, 5.74) is 10.5. The number of nitrogens with two attached hydrogens (primary N) is 1. The third-order valence-corrected chi connectivity index (χ3v) is 10.3. The van der Waals surface area contributed by atoms with E-state index in [2.05, 4.69) is 33.6 Å². The van der Waals surface area contributed by atoms with E-state index < -0.39 is 5.41 Å². The van der Waals surface area contributed by atoms with E-state index in [1.165, 1.54) is 4.68 Å². The number of fused-ring (bicyclic) bond motifs is 4. The molecule has 1 saturated heterocycles. The fraction of sp³-hybridized carbons (Fsp3) is 0.486. The van der Waals surface area contributed by atoms with Crippen LogP contribution in [0.25, 0.3) is 17.3 Å². The molecule has 1 spiro atoms. The lowest BCUT2D eigenvalue weighted by atomic mass is 9.68. The Hall–Kier alpha value is -4.84. The van der Waals surface area contributed by atoms with Crippen molar-refractivity contribution >= 4 is 11.6 Å². The molecule has 0 saturated carbocycles. The number of hydrogen-bond acceptors (Lipinski definition) is 12. The van der Waals surface area contributed by atoms with Crippen molar-refractivity contribution in [3.05, 3.63) is 64.2 Å². The van der Waals surface area contributed by atoms with Crippen LogP contribution >= 0.6 is 0 Å². The summed E-state index contributed by atoms with van der Waals surface area (Å²) in [6, 6.07) is 9.55. The molecule has 2 aliphatic carbocycles. The summed E-state index contributed by atoms with van der Waals surface area (Å²) >= 11 is 0. The summed E-state index contributed by atoms with van der Waals surface area (Å²) in [7, 11) is 5.36. The monoisotopic (exact) mass is 667 g/mol. The summed E-state index contributed by atoms with van der Waals surface area (Å²) < 4.78 is 25.1. The molecule has 4 atom stereocenters. The third-order valence-electron chi connectivity index (χ3n) is 10.3. The Morgan fingerprint density at radius 1 is 1.24 bits per heavy atom. The van der Waals surface area contributed by atoms with E-state index in [0.29, 0.717) is 54.0 Å². The van der Waals surface area contributed by atoms with Gasteiger partial charge in [-0.05, 0) is 75.8 Å². The number of likely N-dealkylation sites (N-methyl/N-ethyl adjacent to an activating group) is 1. The first-order valence-corrected chi connectivity index (χ1v) is 16.7. The Morgan fingerprint density at radius 2 is 2.10 bits per heavy atom. The third kappa shape index (κ3) is 5.71. The van der Waals surface area contributed by atoms with Gasteiger partial charge in [-0.2, -0.15) is 15.3 Å². The number of nitriles is 1. The predicted octanol–water partition coefficient (Wildman–Crippen LogP) is 3.20. The number of ether oxygens (including phenoxy) is 3. The lowest BCUT2D eigenvalue weighted by Gasteiger charge is -2.33. The number of carbonyl (C=O) groups is 1. The van der Waals surface area contributed by atoms with Crippen LogP contribution in [0.1, 0.15) is 71.1 Å². The van der Waals surface area contributed by atoms with Crippen LogP contribution in [0, 0.1) is 11.3 Å². The Kier molecular flexibility index (Phi) is 8.82. The maximum atomic E-state index is 12.7. The Morgan fingerprint density at radius 3 is 2.90 bits per heavy atom. The molecule has 1 aromatic carbocycles. The van der Waals surface area contributed by atoms with Crippen LogP contribution in [0.15, 0.2) is 35.0 Å². The van der Waals surface area contributed by atoms with E-state index >= 15 is 0 Å². The number of nitrogens with one attached hydrogen (secondary N) is 1. The molecule has 3 aromatic heterocycles. The highest BCUT2D eigenvalue weighted by molar-refractivity contribution is 5.92. The number of rotatable bonds is 10. The molecule has 3 N–H and O–H groups in total.